The molecular weight excluding hydrogens is 402 g/mol. The van der Waals surface area contributed by atoms with E-state index in [0.29, 0.717) is 18.1 Å². The molecule has 2 rings (SSSR count). The van der Waals surface area contributed by atoms with Crippen molar-refractivity contribution in [3.63, 3.8) is 0 Å². The number of nitrogens with one attached hydrogen (secondary N) is 2. The zero-order valence-corrected chi connectivity index (χ0v) is 18.7. The minimum Gasteiger partial charge on any atom is -0.474 e. The third-order valence-electron chi connectivity index (χ3n) is 4.66. The molecule has 172 valence electrons. The van der Waals surface area contributed by atoms with Crippen molar-refractivity contribution in [2.24, 2.45) is 5.92 Å². The number of alkyl carbamates (subject to hydrolysis) is 1. The monoisotopic (exact) mass is 435 g/mol. The van der Waals surface area contributed by atoms with E-state index in [9.17, 15) is 14.4 Å². The summed E-state index contributed by atoms with van der Waals surface area (Å²) >= 11 is 0. The molecule has 9 heteroatoms. The van der Waals surface area contributed by atoms with Gasteiger partial charge in [0.2, 0.25) is 5.88 Å². The number of rotatable bonds is 8. The molecule has 1 aliphatic rings. The molecule has 1 fully saturated rings. The van der Waals surface area contributed by atoms with Crippen LogP contribution in [0.2, 0.25) is 0 Å². The quantitative estimate of drug-likeness (QED) is 0.476. The van der Waals surface area contributed by atoms with Crippen LogP contribution >= 0.6 is 0 Å². The maximum absolute atomic E-state index is 12.2. The fraction of sp³-hybridized carbons (Fsp3) is 0.636. The highest BCUT2D eigenvalue weighted by Gasteiger charge is 2.28. The first kappa shape index (κ1) is 24.4. The summed E-state index contributed by atoms with van der Waals surface area (Å²) in [6.07, 6.45) is 3.92. The highest BCUT2D eigenvalue weighted by atomic mass is 16.6. The first-order valence-corrected chi connectivity index (χ1v) is 10.7. The number of hydrogen-bond donors (Lipinski definition) is 2. The number of pyridine rings is 1. The van der Waals surface area contributed by atoms with Crippen molar-refractivity contribution < 1.29 is 28.6 Å². The molecule has 0 saturated heterocycles. The molecule has 9 nitrogen and oxygen atoms in total. The van der Waals surface area contributed by atoms with Crippen LogP contribution in [0.1, 0.15) is 63.7 Å². The van der Waals surface area contributed by atoms with Gasteiger partial charge in [0, 0.05) is 25.4 Å². The van der Waals surface area contributed by atoms with Gasteiger partial charge in [0.15, 0.2) is 0 Å². The van der Waals surface area contributed by atoms with Crippen molar-refractivity contribution in [1.29, 1.82) is 0 Å². The molecule has 0 radical (unpaired) electrons. The molecule has 2 amide bonds. The van der Waals surface area contributed by atoms with E-state index in [1.807, 2.05) is 6.92 Å². The Morgan fingerprint density at radius 1 is 1.06 bits per heavy atom. The van der Waals surface area contributed by atoms with Gasteiger partial charge in [-0.1, -0.05) is 0 Å². The van der Waals surface area contributed by atoms with E-state index >= 15 is 0 Å². The molecule has 0 unspecified atom stereocenters. The van der Waals surface area contributed by atoms with Crippen LogP contribution in [0.25, 0.3) is 0 Å². The number of carbonyl (C=O) groups is 3. The molecule has 0 atom stereocenters. The van der Waals surface area contributed by atoms with Crippen molar-refractivity contribution in [2.75, 3.05) is 19.7 Å². The van der Waals surface area contributed by atoms with E-state index in [1.54, 1.807) is 32.9 Å². The van der Waals surface area contributed by atoms with Crippen molar-refractivity contribution in [3.05, 3.63) is 23.9 Å². The van der Waals surface area contributed by atoms with Gasteiger partial charge in [0.25, 0.3) is 5.91 Å². The lowest BCUT2D eigenvalue weighted by Gasteiger charge is -2.27. The molecule has 1 aromatic rings. The Bertz CT molecular complexity index is 737. The van der Waals surface area contributed by atoms with Gasteiger partial charge in [-0.3, -0.25) is 9.59 Å². The number of aromatic nitrogens is 1. The molecule has 1 heterocycles. The third-order valence-corrected chi connectivity index (χ3v) is 4.66. The lowest BCUT2D eigenvalue weighted by molar-refractivity contribution is -0.149. The molecule has 0 aromatic carbocycles. The van der Waals surface area contributed by atoms with Crippen molar-refractivity contribution >= 4 is 18.0 Å². The standard InChI is InChI=1S/C22H33N3O6/c1-5-29-20(27)15-6-9-17(10-7-15)30-18-11-8-16(14-25-18)19(26)23-12-13-24-21(28)31-22(2,3)4/h8,11,14-15,17H,5-7,9-10,12-13H2,1-4H3,(H,23,26)(H,24,28). The Balaban J connectivity index is 1.70. The van der Waals surface area contributed by atoms with Crippen LogP contribution in [0, 0.1) is 5.92 Å². The van der Waals surface area contributed by atoms with Crippen LogP contribution in [0.3, 0.4) is 0 Å². The van der Waals surface area contributed by atoms with Gasteiger partial charge in [-0.05, 0) is 59.4 Å². The number of carbonyl (C=O) groups excluding carboxylic acids is 3. The average molecular weight is 436 g/mol. The Labute approximate surface area is 183 Å². The topological polar surface area (TPSA) is 116 Å². The van der Waals surface area contributed by atoms with Gasteiger partial charge in [-0.15, -0.1) is 0 Å². The minimum atomic E-state index is -0.566. The Kier molecular flexibility index (Phi) is 9.08. The van der Waals surface area contributed by atoms with E-state index in [0.717, 1.165) is 25.7 Å². The zero-order valence-electron chi connectivity index (χ0n) is 18.7. The van der Waals surface area contributed by atoms with Crippen LogP contribution in [-0.4, -0.2) is 54.4 Å². The Hall–Kier alpha value is -2.84. The average Bonchev–Trinajstić information content (AvgIpc) is 2.71. The fourth-order valence-electron chi connectivity index (χ4n) is 3.19. The van der Waals surface area contributed by atoms with Crippen LogP contribution in [0.4, 0.5) is 4.79 Å². The Morgan fingerprint density at radius 3 is 2.32 bits per heavy atom. The summed E-state index contributed by atoms with van der Waals surface area (Å²) in [5.41, 5.74) is -0.168. The maximum Gasteiger partial charge on any atom is 0.407 e. The first-order valence-electron chi connectivity index (χ1n) is 10.7. The normalized spacial score (nSPS) is 18.6. The first-order chi connectivity index (χ1) is 14.7. The fourth-order valence-corrected chi connectivity index (χ4v) is 3.19. The van der Waals surface area contributed by atoms with Gasteiger partial charge in [0.05, 0.1) is 18.1 Å². The molecule has 1 aliphatic carbocycles. The molecule has 0 bridgehead atoms. The highest BCUT2D eigenvalue weighted by molar-refractivity contribution is 5.93. The van der Waals surface area contributed by atoms with E-state index < -0.39 is 11.7 Å². The highest BCUT2D eigenvalue weighted by Crippen LogP contribution is 2.28. The summed E-state index contributed by atoms with van der Waals surface area (Å²) in [6.45, 7) is 8.07. The minimum absolute atomic E-state index is 0.00298. The van der Waals surface area contributed by atoms with Crippen molar-refractivity contribution in [1.82, 2.24) is 15.6 Å². The van der Waals surface area contributed by atoms with E-state index in [2.05, 4.69) is 15.6 Å². The maximum atomic E-state index is 12.2. The molecule has 1 aromatic heterocycles. The van der Waals surface area contributed by atoms with E-state index in [4.69, 9.17) is 14.2 Å². The third kappa shape index (κ3) is 8.82. The van der Waals surface area contributed by atoms with Crippen LogP contribution in [0.5, 0.6) is 5.88 Å². The van der Waals surface area contributed by atoms with Gasteiger partial charge in [-0.25, -0.2) is 9.78 Å². The molecular formula is C22H33N3O6. The van der Waals surface area contributed by atoms with Crippen molar-refractivity contribution in [3.8, 4) is 5.88 Å². The number of esters is 1. The number of hydrogen-bond acceptors (Lipinski definition) is 7. The predicted octanol–water partition coefficient (Wildman–Crippen LogP) is 2.84. The van der Waals surface area contributed by atoms with Crippen LogP contribution in [-0.2, 0) is 14.3 Å². The summed E-state index contributed by atoms with van der Waals surface area (Å²) in [5, 5.41) is 5.29. The summed E-state index contributed by atoms with van der Waals surface area (Å²) in [4.78, 5) is 39.8. The Morgan fingerprint density at radius 2 is 1.74 bits per heavy atom. The van der Waals surface area contributed by atoms with Gasteiger partial charge in [-0.2, -0.15) is 0 Å². The van der Waals surface area contributed by atoms with Gasteiger partial charge < -0.3 is 24.8 Å². The second-order valence-corrected chi connectivity index (χ2v) is 8.41. The van der Waals surface area contributed by atoms with Gasteiger partial charge in [0.1, 0.15) is 11.7 Å². The van der Waals surface area contributed by atoms with Crippen LogP contribution < -0.4 is 15.4 Å². The predicted molar refractivity (Wildman–Crippen MR) is 114 cm³/mol. The summed E-state index contributed by atoms with van der Waals surface area (Å²) in [7, 11) is 0. The van der Waals surface area contributed by atoms with E-state index in [-0.39, 0.29) is 37.0 Å². The lowest BCUT2D eigenvalue weighted by Crippen LogP contribution is -2.37. The van der Waals surface area contributed by atoms with Gasteiger partial charge >= 0.3 is 12.1 Å². The SMILES string of the molecule is CCOC(=O)C1CCC(Oc2ccc(C(=O)NCCNC(=O)OC(C)(C)C)cn2)CC1. The van der Waals surface area contributed by atoms with Crippen molar-refractivity contribution in [2.45, 2.75) is 65.1 Å². The number of nitrogens with zero attached hydrogens (tertiary/aromatic N) is 1. The molecule has 0 spiro atoms. The number of ether oxygens (including phenoxy) is 3. The van der Waals surface area contributed by atoms with Crippen LogP contribution in [0.15, 0.2) is 18.3 Å². The lowest BCUT2D eigenvalue weighted by atomic mass is 9.87. The summed E-state index contributed by atoms with van der Waals surface area (Å²) in [6, 6.07) is 3.30. The second kappa shape index (κ2) is 11.5. The largest absolute Gasteiger partial charge is 0.474 e. The molecule has 31 heavy (non-hydrogen) atoms. The molecule has 1 saturated carbocycles. The van der Waals surface area contributed by atoms with E-state index in [1.165, 1.54) is 6.20 Å². The molecule has 0 aliphatic heterocycles. The zero-order chi connectivity index (χ0) is 22.9. The molecule has 2 N–H and O–H groups in total. The summed E-state index contributed by atoms with van der Waals surface area (Å²) in [5.74, 6) is -0.0258. The second-order valence-electron chi connectivity index (χ2n) is 8.41. The number of amides is 2. The smallest absolute Gasteiger partial charge is 0.407 e. The summed E-state index contributed by atoms with van der Waals surface area (Å²) < 4.78 is 16.1.